The van der Waals surface area contributed by atoms with Gasteiger partial charge >= 0.3 is 5.97 Å². The van der Waals surface area contributed by atoms with Gasteiger partial charge in [-0.25, -0.2) is 4.79 Å². The van der Waals surface area contributed by atoms with E-state index in [4.69, 9.17) is 4.74 Å². The molecule has 0 atom stereocenters. The van der Waals surface area contributed by atoms with Crippen molar-refractivity contribution in [2.24, 2.45) is 0 Å². The Bertz CT molecular complexity index is 671. The van der Waals surface area contributed by atoms with Crippen LogP contribution >= 0.6 is 11.3 Å². The van der Waals surface area contributed by atoms with E-state index < -0.39 is 0 Å². The number of benzene rings is 1. The maximum atomic E-state index is 11.9. The largest absolute Gasteiger partial charge is 0.462 e. The second-order valence-electron chi connectivity index (χ2n) is 4.08. The highest BCUT2D eigenvalue weighted by molar-refractivity contribution is 7.16. The van der Waals surface area contributed by atoms with Crippen molar-refractivity contribution < 1.29 is 9.53 Å². The van der Waals surface area contributed by atoms with Gasteiger partial charge in [-0.05, 0) is 49.4 Å². The molecule has 3 nitrogen and oxygen atoms in total. The van der Waals surface area contributed by atoms with Gasteiger partial charge in [0.15, 0.2) is 5.43 Å². The van der Waals surface area contributed by atoms with Gasteiger partial charge in [0.1, 0.15) is 0 Å². The van der Waals surface area contributed by atoms with E-state index in [9.17, 15) is 9.59 Å². The molecule has 0 spiro atoms. The zero-order valence-corrected chi connectivity index (χ0v) is 11.4. The Hall–Kier alpha value is -1.68. The van der Waals surface area contributed by atoms with Crippen molar-refractivity contribution in [3.8, 4) is 0 Å². The topological polar surface area (TPSA) is 43.4 Å². The van der Waals surface area contributed by atoms with Gasteiger partial charge in [-0.2, -0.15) is 0 Å². The van der Waals surface area contributed by atoms with Gasteiger partial charge in [-0.3, -0.25) is 4.79 Å². The van der Waals surface area contributed by atoms with Crippen LogP contribution in [0, 0.1) is 13.8 Å². The number of ether oxygens (including phenoxy) is 1. The third-order valence-corrected chi connectivity index (χ3v) is 3.91. The molecular formula is C14H14O3S. The lowest BCUT2D eigenvalue weighted by molar-refractivity contribution is 0.0525. The van der Waals surface area contributed by atoms with Crippen LogP contribution in [0.4, 0.5) is 0 Å². The number of carbonyl (C=O) groups excluding carboxylic acids is 1. The average molecular weight is 262 g/mol. The third-order valence-electron chi connectivity index (χ3n) is 2.87. The fourth-order valence-corrected chi connectivity index (χ4v) is 2.95. The maximum absolute atomic E-state index is 11.9. The molecule has 0 fully saturated rings. The smallest absolute Gasteiger partial charge is 0.338 e. The lowest BCUT2D eigenvalue weighted by atomic mass is 10.0. The van der Waals surface area contributed by atoms with Crippen LogP contribution in [0.2, 0.25) is 0 Å². The summed E-state index contributed by atoms with van der Waals surface area (Å²) >= 11 is 1.51. The molecule has 0 saturated heterocycles. The number of carbonyl (C=O) groups is 1. The van der Waals surface area contributed by atoms with Crippen molar-refractivity contribution >= 4 is 27.4 Å². The summed E-state index contributed by atoms with van der Waals surface area (Å²) in [6, 6.07) is 3.33. The molecular weight excluding hydrogens is 248 g/mol. The zero-order valence-electron chi connectivity index (χ0n) is 10.6. The summed E-state index contributed by atoms with van der Waals surface area (Å²) in [5.74, 6) is -0.367. The van der Waals surface area contributed by atoms with Crippen molar-refractivity contribution in [3.63, 3.8) is 0 Å². The van der Waals surface area contributed by atoms with Crippen LogP contribution in [-0.4, -0.2) is 12.6 Å². The highest BCUT2D eigenvalue weighted by Gasteiger charge is 2.16. The van der Waals surface area contributed by atoms with E-state index in [0.717, 1.165) is 10.3 Å². The molecule has 1 aromatic heterocycles. The van der Waals surface area contributed by atoms with Gasteiger partial charge in [0.2, 0.25) is 0 Å². The standard InChI is InChI=1S/C14H14O3S/c1-4-17-14(16)10-7-8(2)13-12(9(10)3)11(15)5-6-18-13/h5-7H,4H2,1-3H3. The Kier molecular flexibility index (Phi) is 3.48. The number of aryl methyl sites for hydroxylation is 2. The van der Waals surface area contributed by atoms with Crippen molar-refractivity contribution in [1.29, 1.82) is 0 Å². The third kappa shape index (κ3) is 2.04. The number of fused-ring (bicyclic) bond motifs is 1. The monoisotopic (exact) mass is 262 g/mol. The molecule has 0 saturated carbocycles. The molecule has 1 aromatic carbocycles. The summed E-state index contributed by atoms with van der Waals surface area (Å²) in [4.78, 5) is 23.8. The number of esters is 1. The fraction of sp³-hybridized carbons (Fsp3) is 0.286. The molecule has 2 aromatic rings. The van der Waals surface area contributed by atoms with E-state index in [2.05, 4.69) is 0 Å². The number of hydrogen-bond acceptors (Lipinski definition) is 4. The maximum Gasteiger partial charge on any atom is 0.338 e. The lowest BCUT2D eigenvalue weighted by Gasteiger charge is -2.10. The molecule has 0 amide bonds. The summed E-state index contributed by atoms with van der Waals surface area (Å²) < 4.78 is 5.95. The molecule has 0 bridgehead atoms. The van der Waals surface area contributed by atoms with Gasteiger partial charge in [-0.1, -0.05) is 0 Å². The van der Waals surface area contributed by atoms with Crippen molar-refractivity contribution in [3.05, 3.63) is 44.4 Å². The molecule has 1 heterocycles. The highest BCUT2D eigenvalue weighted by Crippen LogP contribution is 2.26. The predicted octanol–water partition coefficient (Wildman–Crippen LogP) is 3.06. The Balaban J connectivity index is 2.79. The summed E-state index contributed by atoms with van der Waals surface area (Å²) in [6.45, 7) is 5.79. The van der Waals surface area contributed by atoms with Crippen LogP contribution < -0.4 is 5.43 Å². The Labute approximate surface area is 109 Å². The van der Waals surface area contributed by atoms with Gasteiger partial charge < -0.3 is 4.74 Å². The van der Waals surface area contributed by atoms with Gasteiger partial charge in [0.05, 0.1) is 12.2 Å². The molecule has 0 aliphatic carbocycles. The van der Waals surface area contributed by atoms with Gasteiger partial charge in [0.25, 0.3) is 0 Å². The normalized spacial score (nSPS) is 10.6. The van der Waals surface area contributed by atoms with Crippen molar-refractivity contribution in [2.75, 3.05) is 6.61 Å². The van der Waals surface area contributed by atoms with E-state index in [-0.39, 0.29) is 11.4 Å². The highest BCUT2D eigenvalue weighted by atomic mass is 32.1. The quantitative estimate of drug-likeness (QED) is 0.781. The van der Waals surface area contributed by atoms with Crippen molar-refractivity contribution in [1.82, 2.24) is 0 Å². The first-order chi connectivity index (χ1) is 8.56. The molecule has 18 heavy (non-hydrogen) atoms. The second-order valence-corrected chi connectivity index (χ2v) is 4.99. The fourth-order valence-electron chi connectivity index (χ4n) is 2.01. The molecule has 0 unspecified atom stereocenters. The minimum atomic E-state index is -0.367. The van der Waals surface area contributed by atoms with Gasteiger partial charge in [0, 0.05) is 10.1 Å². The van der Waals surface area contributed by atoms with Crippen LogP contribution in [0.3, 0.4) is 0 Å². The van der Waals surface area contributed by atoms with E-state index in [1.165, 1.54) is 17.4 Å². The summed E-state index contributed by atoms with van der Waals surface area (Å²) in [5.41, 5.74) is 2.07. The van der Waals surface area contributed by atoms with E-state index in [0.29, 0.717) is 23.1 Å². The Morgan fingerprint density at radius 3 is 2.78 bits per heavy atom. The van der Waals surface area contributed by atoms with E-state index in [1.54, 1.807) is 25.3 Å². The molecule has 2 rings (SSSR count). The summed E-state index contributed by atoms with van der Waals surface area (Å²) in [5, 5.41) is 2.41. The predicted molar refractivity (Wildman–Crippen MR) is 73.5 cm³/mol. The molecule has 4 heteroatoms. The van der Waals surface area contributed by atoms with Crippen LogP contribution in [0.15, 0.2) is 22.3 Å². The Morgan fingerprint density at radius 2 is 2.11 bits per heavy atom. The Morgan fingerprint density at radius 1 is 1.39 bits per heavy atom. The van der Waals surface area contributed by atoms with E-state index in [1.807, 2.05) is 6.92 Å². The van der Waals surface area contributed by atoms with Crippen LogP contribution in [0.25, 0.3) is 10.1 Å². The zero-order chi connectivity index (χ0) is 13.3. The van der Waals surface area contributed by atoms with Crippen LogP contribution in [-0.2, 0) is 4.74 Å². The molecule has 0 aliphatic heterocycles. The average Bonchev–Trinajstić information content (AvgIpc) is 2.33. The first-order valence-corrected chi connectivity index (χ1v) is 6.63. The number of rotatable bonds is 2. The first kappa shape index (κ1) is 12.8. The van der Waals surface area contributed by atoms with Gasteiger partial charge in [-0.15, -0.1) is 11.3 Å². The second kappa shape index (κ2) is 4.90. The SMILES string of the molecule is CCOC(=O)c1cc(C)c2sccc(=O)c2c1C. The number of hydrogen-bond donors (Lipinski definition) is 0. The van der Waals surface area contributed by atoms with Crippen LogP contribution in [0.5, 0.6) is 0 Å². The minimum absolute atomic E-state index is 0.0458. The van der Waals surface area contributed by atoms with Crippen LogP contribution in [0.1, 0.15) is 28.4 Å². The first-order valence-electron chi connectivity index (χ1n) is 5.75. The molecule has 0 N–H and O–H groups in total. The van der Waals surface area contributed by atoms with E-state index >= 15 is 0 Å². The lowest BCUT2D eigenvalue weighted by Crippen LogP contribution is -2.10. The minimum Gasteiger partial charge on any atom is -0.462 e. The summed E-state index contributed by atoms with van der Waals surface area (Å²) in [7, 11) is 0. The molecule has 0 radical (unpaired) electrons. The molecule has 94 valence electrons. The summed E-state index contributed by atoms with van der Waals surface area (Å²) in [6.07, 6.45) is 0. The molecule has 0 aliphatic rings. The van der Waals surface area contributed by atoms with Crippen molar-refractivity contribution in [2.45, 2.75) is 20.8 Å².